The number of hydrogen-bond donors (Lipinski definition) is 3. The van der Waals surface area contributed by atoms with E-state index in [0.717, 1.165) is 38.8 Å². The van der Waals surface area contributed by atoms with Crippen LogP contribution in [0.3, 0.4) is 0 Å². The molecule has 0 radical (unpaired) electrons. The van der Waals surface area contributed by atoms with E-state index in [2.05, 4.69) is 25.5 Å². The topological polar surface area (TPSA) is 103 Å². The maximum Gasteiger partial charge on any atom is 0.238 e. The summed E-state index contributed by atoms with van der Waals surface area (Å²) in [6, 6.07) is 20.2. The van der Waals surface area contributed by atoms with Gasteiger partial charge in [-0.2, -0.15) is 5.10 Å². The van der Waals surface area contributed by atoms with Crippen molar-refractivity contribution in [3.63, 3.8) is 0 Å². The van der Waals surface area contributed by atoms with Crippen molar-refractivity contribution >= 4 is 33.5 Å². The van der Waals surface area contributed by atoms with Gasteiger partial charge in [0.05, 0.1) is 35.3 Å². The Morgan fingerprint density at radius 1 is 0.974 bits per heavy atom. The summed E-state index contributed by atoms with van der Waals surface area (Å²) in [5.74, 6) is -0.384. The van der Waals surface area contributed by atoms with E-state index in [9.17, 15) is 9.18 Å². The number of halogens is 1. The average Bonchev–Trinajstić information content (AvgIpc) is 3.52. The van der Waals surface area contributed by atoms with Crippen LogP contribution in [0.15, 0.2) is 79.1 Å². The second-order valence-corrected chi connectivity index (χ2v) is 9.37. The molecule has 4 heterocycles. The first-order valence-corrected chi connectivity index (χ1v) is 12.1. The van der Waals surface area contributed by atoms with Gasteiger partial charge in [-0.05, 0) is 67.7 Å². The number of rotatable bonds is 6. The highest BCUT2D eigenvalue weighted by atomic mass is 19.1. The van der Waals surface area contributed by atoms with Gasteiger partial charge >= 0.3 is 0 Å². The van der Waals surface area contributed by atoms with Crippen LogP contribution in [-0.2, 0) is 4.79 Å². The second kappa shape index (κ2) is 9.53. The van der Waals surface area contributed by atoms with Crippen molar-refractivity contribution in [3.8, 4) is 33.8 Å². The molecular formula is C29H24FN7O. The molecule has 188 valence electrons. The molecule has 0 unspecified atom stereocenters. The lowest BCUT2D eigenvalue weighted by Crippen LogP contribution is -2.27. The van der Waals surface area contributed by atoms with E-state index in [0.29, 0.717) is 22.6 Å². The van der Waals surface area contributed by atoms with Crippen LogP contribution in [0, 0.1) is 5.82 Å². The minimum atomic E-state index is -0.266. The molecule has 8 nitrogen and oxygen atoms in total. The molecule has 0 saturated carbocycles. The van der Waals surface area contributed by atoms with Gasteiger partial charge in [-0.1, -0.05) is 24.3 Å². The molecule has 0 bridgehead atoms. The first kappa shape index (κ1) is 23.5. The number of likely N-dealkylation sites (N-methyl/N-ethyl adjacent to an activating group) is 1. The lowest BCUT2D eigenvalue weighted by Gasteiger charge is -2.10. The molecule has 0 fully saturated rings. The van der Waals surface area contributed by atoms with E-state index in [-0.39, 0.29) is 18.3 Å². The molecule has 4 aromatic heterocycles. The quantitative estimate of drug-likeness (QED) is 0.278. The number of carbonyl (C=O) groups is 1. The molecule has 0 atom stereocenters. The van der Waals surface area contributed by atoms with E-state index < -0.39 is 0 Å². The number of carbonyl (C=O) groups excluding carboxylic acids is 1. The Balaban J connectivity index is 1.38. The Hall–Kier alpha value is -4.89. The van der Waals surface area contributed by atoms with Crippen LogP contribution in [0.2, 0.25) is 0 Å². The highest BCUT2D eigenvalue weighted by Gasteiger charge is 2.16. The van der Waals surface area contributed by atoms with E-state index in [1.165, 1.54) is 12.1 Å². The summed E-state index contributed by atoms with van der Waals surface area (Å²) in [4.78, 5) is 26.6. The van der Waals surface area contributed by atoms with Gasteiger partial charge in [-0.25, -0.2) is 9.37 Å². The van der Waals surface area contributed by atoms with Gasteiger partial charge in [0, 0.05) is 22.7 Å². The monoisotopic (exact) mass is 505 g/mol. The Kier molecular flexibility index (Phi) is 5.89. The summed E-state index contributed by atoms with van der Waals surface area (Å²) in [5, 5.41) is 11.5. The minimum absolute atomic E-state index is 0.117. The zero-order chi connectivity index (χ0) is 26.2. The van der Waals surface area contributed by atoms with Gasteiger partial charge < -0.3 is 15.2 Å². The number of aromatic nitrogens is 5. The average molecular weight is 506 g/mol. The van der Waals surface area contributed by atoms with E-state index in [1.54, 1.807) is 29.4 Å². The van der Waals surface area contributed by atoms with Crippen molar-refractivity contribution in [1.29, 1.82) is 0 Å². The molecular weight excluding hydrogens is 481 g/mol. The van der Waals surface area contributed by atoms with Gasteiger partial charge in [0.15, 0.2) is 0 Å². The number of nitrogens with one attached hydrogen (secondary N) is 3. The molecule has 38 heavy (non-hydrogen) atoms. The van der Waals surface area contributed by atoms with Crippen LogP contribution in [0.4, 0.5) is 10.1 Å². The van der Waals surface area contributed by atoms with Crippen molar-refractivity contribution in [2.24, 2.45) is 0 Å². The smallest absolute Gasteiger partial charge is 0.238 e. The van der Waals surface area contributed by atoms with Crippen LogP contribution in [0.25, 0.3) is 55.7 Å². The van der Waals surface area contributed by atoms with Crippen molar-refractivity contribution in [1.82, 2.24) is 30.0 Å². The van der Waals surface area contributed by atoms with Crippen LogP contribution in [-0.4, -0.2) is 56.6 Å². The predicted molar refractivity (Wildman–Crippen MR) is 147 cm³/mol. The Bertz CT molecular complexity index is 1790. The molecule has 9 heteroatoms. The van der Waals surface area contributed by atoms with Gasteiger partial charge in [0.1, 0.15) is 17.0 Å². The van der Waals surface area contributed by atoms with Crippen LogP contribution in [0.5, 0.6) is 0 Å². The maximum atomic E-state index is 13.5. The molecule has 3 N–H and O–H groups in total. The fourth-order valence-corrected chi connectivity index (χ4v) is 4.55. The summed E-state index contributed by atoms with van der Waals surface area (Å²) in [7, 11) is 3.68. The van der Waals surface area contributed by atoms with E-state index in [1.807, 2.05) is 56.6 Å². The number of anilines is 1. The third-order valence-corrected chi connectivity index (χ3v) is 6.26. The molecule has 1 amide bonds. The van der Waals surface area contributed by atoms with Gasteiger partial charge in [-0.3, -0.25) is 14.9 Å². The van der Waals surface area contributed by atoms with Crippen molar-refractivity contribution in [2.75, 3.05) is 26.0 Å². The molecule has 0 aliphatic rings. The SMILES string of the molecule is CN(C)CC(=O)Nc1cncc(-c2ccc3[nH]nc(-c4cc5c(-c6ccc(F)cc6)cccc5[nH]4)c3n2)c1. The highest BCUT2D eigenvalue weighted by Crippen LogP contribution is 2.34. The lowest BCUT2D eigenvalue weighted by molar-refractivity contribution is -0.116. The molecule has 0 aliphatic heterocycles. The summed E-state index contributed by atoms with van der Waals surface area (Å²) in [6.07, 6.45) is 3.33. The fraction of sp³-hybridized carbons (Fsp3) is 0.103. The van der Waals surface area contributed by atoms with Crippen LogP contribution >= 0.6 is 0 Å². The zero-order valence-corrected chi connectivity index (χ0v) is 20.8. The van der Waals surface area contributed by atoms with Crippen LogP contribution < -0.4 is 5.32 Å². The number of H-pyrrole nitrogens is 2. The fourth-order valence-electron chi connectivity index (χ4n) is 4.55. The van der Waals surface area contributed by atoms with Gasteiger partial charge in [-0.15, -0.1) is 0 Å². The second-order valence-electron chi connectivity index (χ2n) is 9.37. The zero-order valence-electron chi connectivity index (χ0n) is 20.8. The first-order valence-electron chi connectivity index (χ1n) is 12.1. The standard InChI is InChI=1S/C29H24FN7O/c1-37(2)16-27(38)32-20-12-18(14-31-15-20)23-10-11-25-28(34-23)29(36-35-25)26-13-22-21(4-3-5-24(22)33-26)17-6-8-19(30)9-7-17/h3-15,33H,16H2,1-2H3,(H,32,38)(H,35,36). The van der Waals surface area contributed by atoms with Gasteiger partial charge in [0.25, 0.3) is 0 Å². The molecule has 6 aromatic rings. The Morgan fingerprint density at radius 2 is 1.82 bits per heavy atom. The molecule has 2 aromatic carbocycles. The number of amides is 1. The third-order valence-electron chi connectivity index (χ3n) is 6.26. The number of hydrogen-bond acceptors (Lipinski definition) is 5. The lowest BCUT2D eigenvalue weighted by atomic mass is 10.0. The molecule has 0 saturated heterocycles. The summed E-state index contributed by atoms with van der Waals surface area (Å²) in [5.41, 5.74) is 7.96. The number of fused-ring (bicyclic) bond motifs is 2. The number of benzene rings is 2. The van der Waals surface area contributed by atoms with E-state index in [4.69, 9.17) is 4.98 Å². The number of pyridine rings is 2. The van der Waals surface area contributed by atoms with Crippen molar-refractivity contribution in [2.45, 2.75) is 0 Å². The summed E-state index contributed by atoms with van der Waals surface area (Å²) >= 11 is 0. The van der Waals surface area contributed by atoms with Crippen LogP contribution in [0.1, 0.15) is 0 Å². The summed E-state index contributed by atoms with van der Waals surface area (Å²) < 4.78 is 13.5. The van der Waals surface area contributed by atoms with Crippen molar-refractivity contribution < 1.29 is 9.18 Å². The first-order chi connectivity index (χ1) is 18.4. The molecule has 0 spiro atoms. The number of aromatic amines is 2. The Labute approximate surface area is 217 Å². The minimum Gasteiger partial charge on any atom is -0.353 e. The highest BCUT2D eigenvalue weighted by molar-refractivity contribution is 6.00. The Morgan fingerprint density at radius 3 is 2.63 bits per heavy atom. The predicted octanol–water partition coefficient (Wildman–Crippen LogP) is 5.47. The van der Waals surface area contributed by atoms with Crippen molar-refractivity contribution in [3.05, 3.63) is 84.9 Å². The maximum absolute atomic E-state index is 13.5. The molecule has 6 rings (SSSR count). The number of nitrogens with zero attached hydrogens (tertiary/aromatic N) is 4. The normalized spacial score (nSPS) is 11.5. The summed E-state index contributed by atoms with van der Waals surface area (Å²) in [6.45, 7) is 0.278. The molecule has 0 aliphatic carbocycles. The third kappa shape index (κ3) is 4.51. The van der Waals surface area contributed by atoms with Gasteiger partial charge in [0.2, 0.25) is 5.91 Å². The largest absolute Gasteiger partial charge is 0.353 e. The van der Waals surface area contributed by atoms with E-state index >= 15 is 0 Å².